The standard InChI is InChI=1S/C15H17N3O3/c1-10-16-12-5-4-11(15(20)21)8-13(12)18(10)9-14(19)17-6-2-3-7-17/h4-5,8H,2-3,6-7,9H2,1H3,(H,20,21). The van der Waals surface area contributed by atoms with E-state index < -0.39 is 5.97 Å². The van der Waals surface area contributed by atoms with Gasteiger partial charge < -0.3 is 14.6 Å². The molecule has 1 amide bonds. The molecule has 0 unspecified atom stereocenters. The molecule has 0 radical (unpaired) electrons. The van der Waals surface area contributed by atoms with Gasteiger partial charge in [-0.2, -0.15) is 0 Å². The molecule has 1 aromatic carbocycles. The average molecular weight is 287 g/mol. The number of carbonyl (C=O) groups excluding carboxylic acids is 1. The van der Waals surface area contributed by atoms with Gasteiger partial charge in [0.15, 0.2) is 0 Å². The number of carboxylic acids is 1. The molecule has 0 bridgehead atoms. The number of rotatable bonds is 3. The topological polar surface area (TPSA) is 75.4 Å². The van der Waals surface area contributed by atoms with Crippen LogP contribution in [0.2, 0.25) is 0 Å². The second-order valence-electron chi connectivity index (χ2n) is 5.34. The Balaban J connectivity index is 1.96. The molecule has 2 heterocycles. The molecule has 0 saturated carbocycles. The molecule has 0 spiro atoms. The minimum absolute atomic E-state index is 0.0654. The van der Waals surface area contributed by atoms with Crippen molar-refractivity contribution in [2.75, 3.05) is 13.1 Å². The van der Waals surface area contributed by atoms with Gasteiger partial charge in [0.05, 0.1) is 16.6 Å². The Bertz CT molecular complexity index is 714. The first-order valence-corrected chi connectivity index (χ1v) is 7.04. The summed E-state index contributed by atoms with van der Waals surface area (Å²) in [6, 6.07) is 4.79. The largest absolute Gasteiger partial charge is 0.478 e. The summed E-state index contributed by atoms with van der Waals surface area (Å²) < 4.78 is 1.79. The van der Waals surface area contributed by atoms with Crippen LogP contribution in [-0.4, -0.2) is 44.5 Å². The Morgan fingerprint density at radius 3 is 2.67 bits per heavy atom. The summed E-state index contributed by atoms with van der Waals surface area (Å²) >= 11 is 0. The Labute approximate surface area is 122 Å². The van der Waals surface area contributed by atoms with Crippen molar-refractivity contribution in [1.82, 2.24) is 14.5 Å². The lowest BCUT2D eigenvalue weighted by molar-refractivity contribution is -0.130. The number of aryl methyl sites for hydroxylation is 1. The van der Waals surface area contributed by atoms with Crippen molar-refractivity contribution in [3.63, 3.8) is 0 Å². The number of benzene rings is 1. The van der Waals surface area contributed by atoms with Crippen LogP contribution in [0, 0.1) is 6.92 Å². The second-order valence-corrected chi connectivity index (χ2v) is 5.34. The molecule has 0 aliphatic carbocycles. The maximum absolute atomic E-state index is 12.3. The Kier molecular flexibility index (Phi) is 3.37. The molecular formula is C15H17N3O3. The van der Waals surface area contributed by atoms with Gasteiger partial charge in [-0.15, -0.1) is 0 Å². The van der Waals surface area contributed by atoms with Crippen LogP contribution in [0.4, 0.5) is 0 Å². The quantitative estimate of drug-likeness (QED) is 0.931. The fourth-order valence-electron chi connectivity index (χ4n) is 2.78. The first-order valence-electron chi connectivity index (χ1n) is 7.04. The molecule has 3 rings (SSSR count). The molecular weight excluding hydrogens is 270 g/mol. The number of carboxylic acid groups (broad SMARTS) is 1. The van der Waals surface area contributed by atoms with E-state index in [0.29, 0.717) is 11.0 Å². The summed E-state index contributed by atoms with van der Waals surface area (Å²) in [4.78, 5) is 29.6. The van der Waals surface area contributed by atoms with Gasteiger partial charge in [-0.3, -0.25) is 4.79 Å². The van der Waals surface area contributed by atoms with Crippen molar-refractivity contribution in [3.05, 3.63) is 29.6 Å². The number of amides is 1. The molecule has 1 fully saturated rings. The van der Waals surface area contributed by atoms with Crippen molar-refractivity contribution in [2.24, 2.45) is 0 Å². The van der Waals surface area contributed by atoms with E-state index in [-0.39, 0.29) is 18.0 Å². The van der Waals surface area contributed by atoms with Crippen LogP contribution in [0.5, 0.6) is 0 Å². The van der Waals surface area contributed by atoms with E-state index >= 15 is 0 Å². The lowest BCUT2D eigenvalue weighted by Crippen LogP contribution is -2.31. The summed E-state index contributed by atoms with van der Waals surface area (Å²) in [6.45, 7) is 3.67. The highest BCUT2D eigenvalue weighted by Crippen LogP contribution is 2.19. The monoisotopic (exact) mass is 287 g/mol. The van der Waals surface area contributed by atoms with Gasteiger partial charge in [-0.25, -0.2) is 9.78 Å². The normalized spacial score (nSPS) is 14.8. The van der Waals surface area contributed by atoms with Crippen molar-refractivity contribution < 1.29 is 14.7 Å². The number of likely N-dealkylation sites (tertiary alicyclic amines) is 1. The summed E-state index contributed by atoms with van der Waals surface area (Å²) in [6.07, 6.45) is 2.11. The highest BCUT2D eigenvalue weighted by molar-refractivity contribution is 5.93. The minimum Gasteiger partial charge on any atom is -0.478 e. The molecule has 0 atom stereocenters. The van der Waals surface area contributed by atoms with Gasteiger partial charge >= 0.3 is 5.97 Å². The Morgan fingerprint density at radius 2 is 2.00 bits per heavy atom. The summed E-state index contributed by atoms with van der Waals surface area (Å²) in [7, 11) is 0. The van der Waals surface area contributed by atoms with Crippen LogP contribution < -0.4 is 0 Å². The van der Waals surface area contributed by atoms with Crippen molar-refractivity contribution in [1.29, 1.82) is 0 Å². The van der Waals surface area contributed by atoms with Gasteiger partial charge in [-0.05, 0) is 38.0 Å². The average Bonchev–Trinajstić information content (AvgIpc) is 3.07. The second kappa shape index (κ2) is 5.20. The van der Waals surface area contributed by atoms with E-state index in [0.717, 1.165) is 31.8 Å². The Hall–Kier alpha value is -2.37. The fourth-order valence-corrected chi connectivity index (χ4v) is 2.78. The van der Waals surface area contributed by atoms with Gasteiger partial charge in [-0.1, -0.05) is 0 Å². The summed E-state index contributed by atoms with van der Waals surface area (Å²) in [5.74, 6) is -0.191. The van der Waals surface area contributed by atoms with Crippen molar-refractivity contribution in [3.8, 4) is 0 Å². The number of hydrogen-bond acceptors (Lipinski definition) is 3. The molecule has 1 aliphatic rings. The molecule has 110 valence electrons. The van der Waals surface area contributed by atoms with Crippen LogP contribution in [0.3, 0.4) is 0 Å². The van der Waals surface area contributed by atoms with Crippen molar-refractivity contribution >= 4 is 22.9 Å². The maximum Gasteiger partial charge on any atom is 0.335 e. The highest BCUT2D eigenvalue weighted by atomic mass is 16.4. The molecule has 6 heteroatoms. The van der Waals surface area contributed by atoms with Crippen LogP contribution in [0.25, 0.3) is 11.0 Å². The number of imidazole rings is 1. The van der Waals surface area contributed by atoms with Crippen molar-refractivity contribution in [2.45, 2.75) is 26.3 Å². The molecule has 1 saturated heterocycles. The molecule has 21 heavy (non-hydrogen) atoms. The predicted molar refractivity (Wildman–Crippen MR) is 77.2 cm³/mol. The first kappa shape index (κ1) is 13.6. The third-order valence-electron chi connectivity index (χ3n) is 3.94. The number of nitrogens with zero attached hydrogens (tertiary/aromatic N) is 3. The zero-order valence-corrected chi connectivity index (χ0v) is 11.9. The van der Waals surface area contributed by atoms with E-state index in [1.807, 2.05) is 11.8 Å². The lowest BCUT2D eigenvalue weighted by Gasteiger charge is -2.16. The number of fused-ring (bicyclic) bond motifs is 1. The summed E-state index contributed by atoms with van der Waals surface area (Å²) in [5.41, 5.74) is 1.61. The zero-order valence-electron chi connectivity index (χ0n) is 11.9. The van der Waals surface area contributed by atoms with Gasteiger partial charge in [0.1, 0.15) is 12.4 Å². The van der Waals surface area contributed by atoms with Crippen LogP contribution in [0.1, 0.15) is 29.0 Å². The third kappa shape index (κ3) is 2.49. The SMILES string of the molecule is Cc1nc2ccc(C(=O)O)cc2n1CC(=O)N1CCCC1. The number of hydrogen-bond donors (Lipinski definition) is 1. The number of aromatic carboxylic acids is 1. The van der Waals surface area contributed by atoms with E-state index in [9.17, 15) is 9.59 Å². The lowest BCUT2D eigenvalue weighted by atomic mass is 10.2. The smallest absolute Gasteiger partial charge is 0.335 e. The number of aromatic nitrogens is 2. The van der Waals surface area contributed by atoms with Gasteiger partial charge in [0.25, 0.3) is 0 Å². The highest BCUT2D eigenvalue weighted by Gasteiger charge is 2.20. The third-order valence-corrected chi connectivity index (χ3v) is 3.94. The summed E-state index contributed by atoms with van der Waals surface area (Å²) in [5, 5.41) is 9.09. The zero-order chi connectivity index (χ0) is 15.0. The fraction of sp³-hybridized carbons (Fsp3) is 0.400. The first-order chi connectivity index (χ1) is 10.1. The van der Waals surface area contributed by atoms with E-state index in [1.165, 1.54) is 6.07 Å². The maximum atomic E-state index is 12.3. The Morgan fingerprint density at radius 1 is 1.29 bits per heavy atom. The van der Waals surface area contributed by atoms with E-state index in [4.69, 9.17) is 5.11 Å². The minimum atomic E-state index is -0.979. The van der Waals surface area contributed by atoms with Crippen LogP contribution in [-0.2, 0) is 11.3 Å². The molecule has 6 nitrogen and oxygen atoms in total. The van der Waals surface area contributed by atoms with Crippen LogP contribution in [0.15, 0.2) is 18.2 Å². The molecule has 1 aromatic heterocycles. The number of carbonyl (C=O) groups is 2. The molecule has 1 aliphatic heterocycles. The van der Waals surface area contributed by atoms with Gasteiger partial charge in [0, 0.05) is 13.1 Å². The van der Waals surface area contributed by atoms with E-state index in [2.05, 4.69) is 4.98 Å². The van der Waals surface area contributed by atoms with Crippen LogP contribution >= 0.6 is 0 Å². The molecule has 1 N–H and O–H groups in total. The predicted octanol–water partition coefficient (Wildman–Crippen LogP) is 1.67. The van der Waals surface area contributed by atoms with Gasteiger partial charge in [0.2, 0.25) is 5.91 Å². The van der Waals surface area contributed by atoms with E-state index in [1.54, 1.807) is 16.7 Å². The molecule has 2 aromatic rings.